The van der Waals surface area contributed by atoms with Crippen molar-refractivity contribution in [3.63, 3.8) is 0 Å². The maximum atomic E-state index is 13.2. The predicted octanol–water partition coefficient (Wildman–Crippen LogP) is 3.66. The second-order valence-corrected chi connectivity index (χ2v) is 8.34. The number of rotatable bonds is 7. The molecule has 0 aromatic heterocycles. The second-order valence-electron chi connectivity index (χ2n) is 6.62. The average molecular weight is 412 g/mol. The summed E-state index contributed by atoms with van der Waals surface area (Å²) in [4.78, 5) is 12.8. The smallest absolute Gasteiger partial charge is 0.242 e. The van der Waals surface area contributed by atoms with Crippen LogP contribution in [0.25, 0.3) is 0 Å². The molecule has 150 valence electrons. The number of sulfonamides is 1. The van der Waals surface area contributed by atoms with Gasteiger partial charge in [0.25, 0.3) is 0 Å². The van der Waals surface area contributed by atoms with Gasteiger partial charge < -0.3 is 5.32 Å². The molecule has 0 aliphatic rings. The lowest BCUT2D eigenvalue weighted by Crippen LogP contribution is -2.45. The first-order chi connectivity index (χ1) is 13.8. The summed E-state index contributed by atoms with van der Waals surface area (Å²) in [5.41, 5.74) is 2.27. The van der Waals surface area contributed by atoms with Crippen LogP contribution >= 0.6 is 0 Å². The lowest BCUT2D eigenvalue weighted by molar-refractivity contribution is -0.117. The van der Waals surface area contributed by atoms with Crippen LogP contribution in [0.15, 0.2) is 83.8 Å². The van der Waals surface area contributed by atoms with Gasteiger partial charge in [0.2, 0.25) is 15.9 Å². The highest BCUT2D eigenvalue weighted by Crippen LogP contribution is 2.16. The van der Waals surface area contributed by atoms with E-state index in [1.165, 1.54) is 0 Å². The van der Waals surface area contributed by atoms with Crippen LogP contribution in [0, 0.1) is 12.7 Å². The summed E-state index contributed by atoms with van der Waals surface area (Å²) >= 11 is 0. The number of nitrogens with one attached hydrogen (secondary N) is 2. The molecule has 3 aromatic carbocycles. The highest BCUT2D eigenvalue weighted by molar-refractivity contribution is 7.89. The fourth-order valence-corrected chi connectivity index (χ4v) is 4.04. The maximum Gasteiger partial charge on any atom is 0.242 e. The topological polar surface area (TPSA) is 75.3 Å². The average Bonchev–Trinajstić information content (AvgIpc) is 2.70. The zero-order valence-corrected chi connectivity index (χ0v) is 16.6. The molecule has 1 amide bonds. The SMILES string of the molecule is Cc1ccccc1NC(=O)[C@@H](Cc1ccccc1)NS(=O)(=O)c1ccc(F)cc1. The van der Waals surface area contributed by atoms with Gasteiger partial charge in [-0.15, -0.1) is 0 Å². The molecule has 0 saturated heterocycles. The molecule has 0 bridgehead atoms. The van der Waals surface area contributed by atoms with Gasteiger partial charge in [0.05, 0.1) is 4.90 Å². The minimum Gasteiger partial charge on any atom is -0.324 e. The van der Waals surface area contributed by atoms with E-state index in [1.807, 2.05) is 49.4 Å². The third-order valence-electron chi connectivity index (χ3n) is 4.42. The van der Waals surface area contributed by atoms with Gasteiger partial charge in [0.1, 0.15) is 11.9 Å². The first-order valence-electron chi connectivity index (χ1n) is 9.03. The summed E-state index contributed by atoms with van der Waals surface area (Å²) in [6.45, 7) is 1.85. The molecular weight excluding hydrogens is 391 g/mol. The number of benzene rings is 3. The van der Waals surface area contributed by atoms with Gasteiger partial charge in [-0.3, -0.25) is 4.79 Å². The summed E-state index contributed by atoms with van der Waals surface area (Å²) in [5.74, 6) is -1.02. The number of carbonyl (C=O) groups excluding carboxylic acids is 1. The van der Waals surface area contributed by atoms with E-state index in [0.29, 0.717) is 5.69 Å². The molecule has 1 atom stereocenters. The molecule has 5 nitrogen and oxygen atoms in total. The predicted molar refractivity (Wildman–Crippen MR) is 110 cm³/mol. The normalized spacial score (nSPS) is 12.3. The highest BCUT2D eigenvalue weighted by atomic mass is 32.2. The standard InChI is InChI=1S/C22H21FN2O3S/c1-16-7-5-6-10-20(16)24-22(26)21(15-17-8-3-2-4-9-17)25-29(27,28)19-13-11-18(23)12-14-19/h2-14,21,25H,15H2,1H3,(H,24,26)/t21-/m1/s1. The van der Waals surface area contributed by atoms with Crippen molar-refractivity contribution >= 4 is 21.6 Å². The number of anilines is 1. The number of aryl methyl sites for hydroxylation is 1. The van der Waals surface area contributed by atoms with Crippen molar-refractivity contribution < 1.29 is 17.6 Å². The summed E-state index contributed by atoms with van der Waals surface area (Å²) in [6.07, 6.45) is 0.166. The number of halogens is 1. The van der Waals surface area contributed by atoms with Crippen molar-refractivity contribution in [1.29, 1.82) is 0 Å². The van der Waals surface area contributed by atoms with Crippen LogP contribution in [-0.4, -0.2) is 20.4 Å². The van der Waals surface area contributed by atoms with Crippen molar-refractivity contribution in [3.8, 4) is 0 Å². The Labute approximate surface area is 169 Å². The van der Waals surface area contributed by atoms with Gasteiger partial charge >= 0.3 is 0 Å². The second kappa shape index (κ2) is 8.98. The van der Waals surface area contributed by atoms with E-state index in [9.17, 15) is 17.6 Å². The fourth-order valence-electron chi connectivity index (χ4n) is 2.84. The van der Waals surface area contributed by atoms with Crippen LogP contribution in [0.3, 0.4) is 0 Å². The van der Waals surface area contributed by atoms with E-state index < -0.39 is 27.8 Å². The van der Waals surface area contributed by atoms with Crippen molar-refractivity contribution in [1.82, 2.24) is 4.72 Å². The minimum absolute atomic E-state index is 0.111. The van der Waals surface area contributed by atoms with Crippen molar-refractivity contribution in [2.24, 2.45) is 0 Å². The number of amides is 1. The zero-order valence-electron chi connectivity index (χ0n) is 15.8. The number of hydrogen-bond acceptors (Lipinski definition) is 3. The fraction of sp³-hybridized carbons (Fsp3) is 0.136. The largest absolute Gasteiger partial charge is 0.324 e. The molecule has 0 saturated carbocycles. The van der Waals surface area contributed by atoms with Crippen LogP contribution in [-0.2, 0) is 21.2 Å². The quantitative estimate of drug-likeness (QED) is 0.622. The van der Waals surface area contributed by atoms with E-state index in [1.54, 1.807) is 12.1 Å². The molecule has 3 aromatic rings. The number of hydrogen-bond donors (Lipinski definition) is 2. The zero-order chi connectivity index (χ0) is 20.9. The monoisotopic (exact) mass is 412 g/mol. The molecule has 0 fully saturated rings. The Balaban J connectivity index is 1.87. The molecule has 0 unspecified atom stereocenters. The van der Waals surface area contributed by atoms with Crippen LogP contribution in [0.5, 0.6) is 0 Å². The first kappa shape index (κ1) is 20.7. The van der Waals surface area contributed by atoms with Crippen LogP contribution in [0.4, 0.5) is 10.1 Å². The number of carbonyl (C=O) groups is 1. The molecule has 0 radical (unpaired) electrons. The van der Waals surface area contributed by atoms with Crippen LogP contribution < -0.4 is 10.0 Å². The van der Waals surface area contributed by atoms with Crippen molar-refractivity contribution in [3.05, 3.63) is 95.8 Å². The molecule has 2 N–H and O–H groups in total. The van der Waals surface area contributed by atoms with Gasteiger partial charge in [-0.1, -0.05) is 48.5 Å². The Morgan fingerprint density at radius 2 is 1.55 bits per heavy atom. The van der Waals surface area contributed by atoms with Crippen molar-refractivity contribution in [2.75, 3.05) is 5.32 Å². The lowest BCUT2D eigenvalue weighted by atomic mass is 10.1. The van der Waals surface area contributed by atoms with E-state index in [4.69, 9.17) is 0 Å². The molecule has 29 heavy (non-hydrogen) atoms. The summed E-state index contributed by atoms with van der Waals surface area (Å²) < 4.78 is 41.1. The molecule has 0 aliphatic heterocycles. The molecule has 0 spiro atoms. The van der Waals surface area contributed by atoms with Crippen LogP contribution in [0.2, 0.25) is 0 Å². The summed E-state index contributed by atoms with van der Waals surface area (Å²) in [6, 6.07) is 19.8. The van der Waals surface area contributed by atoms with E-state index in [2.05, 4.69) is 10.0 Å². The molecular formula is C22H21FN2O3S. The Morgan fingerprint density at radius 3 is 2.21 bits per heavy atom. The Hall–Kier alpha value is -3.03. The van der Waals surface area contributed by atoms with Gasteiger partial charge in [-0.05, 0) is 54.8 Å². The molecule has 7 heteroatoms. The van der Waals surface area contributed by atoms with Gasteiger partial charge in [0.15, 0.2) is 0 Å². The van der Waals surface area contributed by atoms with Gasteiger partial charge in [0, 0.05) is 5.69 Å². The van der Waals surface area contributed by atoms with Crippen LogP contribution in [0.1, 0.15) is 11.1 Å². The van der Waals surface area contributed by atoms with Crippen molar-refractivity contribution in [2.45, 2.75) is 24.3 Å². The van der Waals surface area contributed by atoms with E-state index in [-0.39, 0.29) is 11.3 Å². The first-order valence-corrected chi connectivity index (χ1v) is 10.5. The van der Waals surface area contributed by atoms with E-state index in [0.717, 1.165) is 35.4 Å². The molecule has 0 aliphatic carbocycles. The molecule has 3 rings (SSSR count). The highest BCUT2D eigenvalue weighted by Gasteiger charge is 2.26. The maximum absolute atomic E-state index is 13.2. The summed E-state index contributed by atoms with van der Waals surface area (Å²) in [5, 5.41) is 2.79. The van der Waals surface area contributed by atoms with Gasteiger partial charge in [-0.25, -0.2) is 12.8 Å². The minimum atomic E-state index is -4.02. The number of para-hydroxylation sites is 1. The Bertz CT molecular complexity index is 1080. The third kappa shape index (κ3) is 5.49. The van der Waals surface area contributed by atoms with Gasteiger partial charge in [-0.2, -0.15) is 4.72 Å². The summed E-state index contributed by atoms with van der Waals surface area (Å²) in [7, 11) is -4.02. The Kier molecular flexibility index (Phi) is 6.41. The third-order valence-corrected chi connectivity index (χ3v) is 5.91. The molecule has 0 heterocycles. The van der Waals surface area contributed by atoms with E-state index >= 15 is 0 Å². The Morgan fingerprint density at radius 1 is 0.931 bits per heavy atom. The lowest BCUT2D eigenvalue weighted by Gasteiger charge is -2.19.